The summed E-state index contributed by atoms with van der Waals surface area (Å²) in [6, 6.07) is 4.09. The molecule has 0 bridgehead atoms. The summed E-state index contributed by atoms with van der Waals surface area (Å²) in [5.41, 5.74) is 0.416. The molecule has 1 saturated carbocycles. The van der Waals surface area contributed by atoms with Crippen molar-refractivity contribution < 1.29 is 0 Å². The van der Waals surface area contributed by atoms with Crippen LogP contribution in [0.4, 0.5) is 5.95 Å². The lowest BCUT2D eigenvalue weighted by molar-refractivity contribution is 0.260. The summed E-state index contributed by atoms with van der Waals surface area (Å²) in [5.74, 6) is 2.12. The molecule has 1 aromatic rings. The van der Waals surface area contributed by atoms with Gasteiger partial charge in [-0.3, -0.25) is 0 Å². The van der Waals surface area contributed by atoms with Crippen LogP contribution in [0, 0.1) is 23.2 Å². The first kappa shape index (κ1) is 11.8. The van der Waals surface area contributed by atoms with Crippen LogP contribution < -0.4 is 5.32 Å². The zero-order valence-corrected chi connectivity index (χ0v) is 10.3. The van der Waals surface area contributed by atoms with Gasteiger partial charge in [0.15, 0.2) is 0 Å². The van der Waals surface area contributed by atoms with Crippen LogP contribution in [-0.4, -0.2) is 16.0 Å². The maximum absolute atomic E-state index is 8.78. The summed E-state index contributed by atoms with van der Waals surface area (Å²) in [4.78, 5) is 8.30. The van der Waals surface area contributed by atoms with Crippen LogP contribution in [0.5, 0.6) is 0 Å². The molecule has 3 unspecified atom stereocenters. The highest BCUT2D eigenvalue weighted by molar-refractivity contribution is 5.31. The molecule has 17 heavy (non-hydrogen) atoms. The third kappa shape index (κ3) is 2.94. The Balaban J connectivity index is 1.99. The molecule has 0 aliphatic heterocycles. The van der Waals surface area contributed by atoms with Gasteiger partial charge in [-0.05, 0) is 37.2 Å². The molecule has 0 saturated heterocycles. The van der Waals surface area contributed by atoms with Crippen LogP contribution in [0.1, 0.15) is 38.8 Å². The minimum Gasteiger partial charge on any atom is -0.351 e. The lowest BCUT2D eigenvalue weighted by Gasteiger charge is -2.32. The van der Waals surface area contributed by atoms with Crippen LogP contribution in [-0.2, 0) is 0 Å². The van der Waals surface area contributed by atoms with Gasteiger partial charge in [-0.2, -0.15) is 5.26 Å². The van der Waals surface area contributed by atoms with Crippen LogP contribution >= 0.6 is 0 Å². The van der Waals surface area contributed by atoms with Gasteiger partial charge in [-0.1, -0.05) is 13.8 Å². The standard InChI is InChI=1S/C13H18N4/c1-9-3-4-11(7-10(9)2)16-13-15-6-5-12(8-14)17-13/h5-6,9-11H,3-4,7H2,1-2H3,(H,15,16,17). The van der Waals surface area contributed by atoms with Crippen molar-refractivity contribution in [1.29, 1.82) is 5.26 Å². The Morgan fingerprint density at radius 1 is 1.35 bits per heavy atom. The summed E-state index contributed by atoms with van der Waals surface area (Å²) in [6.07, 6.45) is 5.19. The van der Waals surface area contributed by atoms with Crippen molar-refractivity contribution in [2.75, 3.05) is 5.32 Å². The van der Waals surface area contributed by atoms with Gasteiger partial charge in [0.2, 0.25) is 5.95 Å². The summed E-state index contributed by atoms with van der Waals surface area (Å²) in [5, 5.41) is 12.1. The molecule has 0 radical (unpaired) electrons. The minimum absolute atomic E-state index is 0.416. The minimum atomic E-state index is 0.416. The highest BCUT2D eigenvalue weighted by atomic mass is 15.1. The van der Waals surface area contributed by atoms with E-state index in [0.29, 0.717) is 17.7 Å². The second kappa shape index (κ2) is 5.13. The van der Waals surface area contributed by atoms with Crippen molar-refractivity contribution in [2.45, 2.75) is 39.2 Å². The molecule has 2 rings (SSSR count). The zero-order valence-electron chi connectivity index (χ0n) is 10.3. The van der Waals surface area contributed by atoms with E-state index in [2.05, 4.69) is 29.1 Å². The Hall–Kier alpha value is -1.63. The maximum atomic E-state index is 8.78. The Labute approximate surface area is 102 Å². The molecular formula is C13H18N4. The highest BCUT2D eigenvalue weighted by Gasteiger charge is 2.24. The van der Waals surface area contributed by atoms with E-state index in [1.54, 1.807) is 12.3 Å². The number of hydrogen-bond donors (Lipinski definition) is 1. The van der Waals surface area contributed by atoms with Crippen molar-refractivity contribution in [3.8, 4) is 6.07 Å². The molecule has 0 spiro atoms. The smallest absolute Gasteiger partial charge is 0.224 e. The monoisotopic (exact) mass is 230 g/mol. The quantitative estimate of drug-likeness (QED) is 0.848. The second-order valence-electron chi connectivity index (χ2n) is 4.99. The van der Waals surface area contributed by atoms with Crippen molar-refractivity contribution >= 4 is 5.95 Å². The van der Waals surface area contributed by atoms with Gasteiger partial charge in [0.1, 0.15) is 11.8 Å². The third-order valence-corrected chi connectivity index (χ3v) is 3.70. The van der Waals surface area contributed by atoms with Gasteiger partial charge >= 0.3 is 0 Å². The molecular weight excluding hydrogens is 212 g/mol. The van der Waals surface area contributed by atoms with E-state index in [4.69, 9.17) is 5.26 Å². The molecule has 1 heterocycles. The fourth-order valence-corrected chi connectivity index (χ4v) is 2.35. The average Bonchev–Trinajstić information content (AvgIpc) is 2.34. The largest absolute Gasteiger partial charge is 0.351 e. The molecule has 4 heteroatoms. The SMILES string of the molecule is CC1CCC(Nc2nccc(C#N)n2)CC1C. The van der Waals surface area contributed by atoms with E-state index in [0.717, 1.165) is 24.7 Å². The van der Waals surface area contributed by atoms with Crippen LogP contribution in [0.25, 0.3) is 0 Å². The first-order chi connectivity index (χ1) is 8.19. The summed E-state index contributed by atoms with van der Waals surface area (Å²) in [7, 11) is 0. The van der Waals surface area contributed by atoms with Crippen LogP contribution in [0.3, 0.4) is 0 Å². The van der Waals surface area contributed by atoms with Gasteiger partial charge in [0.25, 0.3) is 0 Å². The fraction of sp³-hybridized carbons (Fsp3) is 0.615. The predicted molar refractivity (Wildman–Crippen MR) is 66.3 cm³/mol. The second-order valence-corrected chi connectivity index (χ2v) is 4.99. The third-order valence-electron chi connectivity index (χ3n) is 3.70. The van der Waals surface area contributed by atoms with Crippen molar-refractivity contribution in [1.82, 2.24) is 9.97 Å². The van der Waals surface area contributed by atoms with Gasteiger partial charge in [0.05, 0.1) is 0 Å². The lowest BCUT2D eigenvalue weighted by atomic mass is 9.79. The molecule has 0 amide bonds. The fourth-order valence-electron chi connectivity index (χ4n) is 2.35. The van der Waals surface area contributed by atoms with E-state index in [9.17, 15) is 0 Å². The van der Waals surface area contributed by atoms with Gasteiger partial charge in [0, 0.05) is 12.2 Å². The number of hydrogen-bond acceptors (Lipinski definition) is 4. The topological polar surface area (TPSA) is 61.6 Å². The molecule has 1 aromatic heterocycles. The van der Waals surface area contributed by atoms with E-state index < -0.39 is 0 Å². The van der Waals surface area contributed by atoms with Gasteiger partial charge < -0.3 is 5.32 Å². The average molecular weight is 230 g/mol. The number of nitrogens with zero attached hydrogens (tertiary/aromatic N) is 3. The molecule has 90 valence electrons. The van der Waals surface area contributed by atoms with Crippen LogP contribution in [0.2, 0.25) is 0 Å². The first-order valence-electron chi connectivity index (χ1n) is 6.18. The molecule has 1 N–H and O–H groups in total. The lowest BCUT2D eigenvalue weighted by Crippen LogP contribution is -2.31. The highest BCUT2D eigenvalue weighted by Crippen LogP contribution is 2.30. The van der Waals surface area contributed by atoms with E-state index in [1.165, 1.54) is 6.42 Å². The maximum Gasteiger partial charge on any atom is 0.224 e. The molecule has 1 aliphatic rings. The Bertz CT molecular complexity index is 424. The Kier molecular flexibility index (Phi) is 3.58. The molecule has 3 atom stereocenters. The Morgan fingerprint density at radius 3 is 2.88 bits per heavy atom. The number of aromatic nitrogens is 2. The van der Waals surface area contributed by atoms with E-state index in [1.807, 2.05) is 6.07 Å². The number of nitrogens with one attached hydrogen (secondary N) is 1. The van der Waals surface area contributed by atoms with E-state index in [-0.39, 0.29) is 0 Å². The summed E-state index contributed by atoms with van der Waals surface area (Å²) in [6.45, 7) is 4.61. The van der Waals surface area contributed by atoms with Crippen LogP contribution in [0.15, 0.2) is 12.3 Å². The number of rotatable bonds is 2. The predicted octanol–water partition coefficient (Wildman–Crippen LogP) is 2.58. The number of anilines is 1. The summed E-state index contributed by atoms with van der Waals surface area (Å²) >= 11 is 0. The van der Waals surface area contributed by atoms with Crippen molar-refractivity contribution in [2.24, 2.45) is 11.8 Å². The van der Waals surface area contributed by atoms with Crippen molar-refractivity contribution in [3.63, 3.8) is 0 Å². The zero-order chi connectivity index (χ0) is 12.3. The summed E-state index contributed by atoms with van der Waals surface area (Å²) < 4.78 is 0. The van der Waals surface area contributed by atoms with E-state index >= 15 is 0 Å². The Morgan fingerprint density at radius 2 is 2.18 bits per heavy atom. The normalized spacial score (nSPS) is 28.4. The van der Waals surface area contributed by atoms with Gasteiger partial charge in [-0.15, -0.1) is 0 Å². The van der Waals surface area contributed by atoms with Gasteiger partial charge in [-0.25, -0.2) is 9.97 Å². The van der Waals surface area contributed by atoms with Crippen molar-refractivity contribution in [3.05, 3.63) is 18.0 Å². The molecule has 1 aliphatic carbocycles. The molecule has 0 aromatic carbocycles. The first-order valence-corrected chi connectivity index (χ1v) is 6.18. The molecule has 4 nitrogen and oxygen atoms in total. The molecule has 1 fully saturated rings. The number of nitriles is 1.